The van der Waals surface area contributed by atoms with Crippen LogP contribution in [0.15, 0.2) is 24.8 Å². The molecule has 1 atom stereocenters. The molecule has 0 radical (unpaired) electrons. The van der Waals surface area contributed by atoms with Crippen LogP contribution in [0.5, 0.6) is 0 Å². The Morgan fingerprint density at radius 1 is 1.42 bits per heavy atom. The SMILES string of the molecule is C=C[C@@H](c1c(Cl)ccc(C)c1F)N1CCNCC1.Cl. The summed E-state index contributed by atoms with van der Waals surface area (Å²) >= 11 is 6.16. The summed E-state index contributed by atoms with van der Waals surface area (Å²) in [4.78, 5) is 2.20. The summed E-state index contributed by atoms with van der Waals surface area (Å²) in [5.41, 5.74) is 1.17. The first-order valence-corrected chi connectivity index (χ1v) is 6.54. The molecule has 2 nitrogen and oxygen atoms in total. The Bertz CT molecular complexity index is 445. The summed E-state index contributed by atoms with van der Waals surface area (Å²) in [7, 11) is 0. The summed E-state index contributed by atoms with van der Waals surface area (Å²) < 4.78 is 14.3. The molecule has 2 rings (SSSR count). The van der Waals surface area contributed by atoms with Gasteiger partial charge in [-0.2, -0.15) is 0 Å². The van der Waals surface area contributed by atoms with E-state index >= 15 is 0 Å². The van der Waals surface area contributed by atoms with Crippen molar-refractivity contribution < 1.29 is 4.39 Å². The average Bonchev–Trinajstić information content (AvgIpc) is 2.40. The van der Waals surface area contributed by atoms with Crippen LogP contribution in [-0.4, -0.2) is 31.1 Å². The van der Waals surface area contributed by atoms with Gasteiger partial charge in [0.15, 0.2) is 0 Å². The van der Waals surface area contributed by atoms with E-state index in [1.807, 2.05) is 0 Å². The van der Waals surface area contributed by atoms with E-state index in [0.717, 1.165) is 26.2 Å². The van der Waals surface area contributed by atoms with Crippen molar-refractivity contribution in [1.82, 2.24) is 10.2 Å². The van der Waals surface area contributed by atoms with E-state index in [2.05, 4.69) is 16.8 Å². The minimum absolute atomic E-state index is 0. The number of benzene rings is 1. The summed E-state index contributed by atoms with van der Waals surface area (Å²) in [6, 6.07) is 3.31. The molecule has 0 spiro atoms. The van der Waals surface area contributed by atoms with Crippen LogP contribution in [0.1, 0.15) is 17.2 Å². The van der Waals surface area contributed by atoms with E-state index < -0.39 is 0 Å². The Morgan fingerprint density at radius 3 is 2.63 bits per heavy atom. The van der Waals surface area contributed by atoms with Crippen molar-refractivity contribution in [2.45, 2.75) is 13.0 Å². The number of rotatable bonds is 3. The van der Waals surface area contributed by atoms with Crippen molar-refractivity contribution in [3.05, 3.63) is 46.8 Å². The maximum atomic E-state index is 14.3. The first kappa shape index (κ1) is 16.4. The quantitative estimate of drug-likeness (QED) is 0.862. The average molecular weight is 305 g/mol. The Morgan fingerprint density at radius 2 is 2.05 bits per heavy atom. The zero-order valence-corrected chi connectivity index (χ0v) is 12.5. The maximum absolute atomic E-state index is 14.3. The van der Waals surface area contributed by atoms with Crippen molar-refractivity contribution >= 4 is 24.0 Å². The van der Waals surface area contributed by atoms with Crippen LogP contribution in [0.4, 0.5) is 4.39 Å². The van der Waals surface area contributed by atoms with Crippen LogP contribution >= 0.6 is 24.0 Å². The fourth-order valence-electron chi connectivity index (χ4n) is 2.36. The molecule has 1 N–H and O–H groups in total. The molecule has 1 fully saturated rings. The Balaban J connectivity index is 0.00000180. The molecule has 0 amide bonds. The van der Waals surface area contributed by atoms with Gasteiger partial charge in [-0.25, -0.2) is 4.39 Å². The normalized spacial score (nSPS) is 17.6. The molecule has 5 heteroatoms. The highest BCUT2D eigenvalue weighted by Crippen LogP contribution is 2.32. The molecule has 19 heavy (non-hydrogen) atoms. The highest BCUT2D eigenvalue weighted by molar-refractivity contribution is 6.31. The van der Waals surface area contributed by atoms with Crippen LogP contribution in [0.3, 0.4) is 0 Å². The van der Waals surface area contributed by atoms with Gasteiger partial charge in [0.05, 0.1) is 6.04 Å². The van der Waals surface area contributed by atoms with Gasteiger partial charge < -0.3 is 5.32 Å². The molecule has 1 aromatic rings. The molecule has 0 aromatic heterocycles. The molecular weight excluding hydrogens is 286 g/mol. The molecule has 0 bridgehead atoms. The molecular formula is C14H19Cl2FN2. The highest BCUT2D eigenvalue weighted by Gasteiger charge is 2.24. The third-order valence-electron chi connectivity index (χ3n) is 3.38. The van der Waals surface area contributed by atoms with Gasteiger partial charge in [0.2, 0.25) is 0 Å². The van der Waals surface area contributed by atoms with Gasteiger partial charge in [0, 0.05) is 36.8 Å². The van der Waals surface area contributed by atoms with Crippen LogP contribution in [0.25, 0.3) is 0 Å². The van der Waals surface area contributed by atoms with E-state index in [0.29, 0.717) is 16.1 Å². The van der Waals surface area contributed by atoms with Gasteiger partial charge >= 0.3 is 0 Å². The van der Waals surface area contributed by atoms with Crippen molar-refractivity contribution in [2.24, 2.45) is 0 Å². The number of hydrogen-bond acceptors (Lipinski definition) is 2. The molecule has 1 aromatic carbocycles. The van der Waals surface area contributed by atoms with Crippen LogP contribution in [0, 0.1) is 12.7 Å². The van der Waals surface area contributed by atoms with E-state index in [9.17, 15) is 4.39 Å². The van der Waals surface area contributed by atoms with Gasteiger partial charge in [-0.3, -0.25) is 4.90 Å². The summed E-state index contributed by atoms with van der Waals surface area (Å²) in [6.07, 6.45) is 1.77. The van der Waals surface area contributed by atoms with Crippen LogP contribution in [0.2, 0.25) is 5.02 Å². The van der Waals surface area contributed by atoms with E-state index in [1.54, 1.807) is 25.1 Å². The van der Waals surface area contributed by atoms with E-state index in [1.165, 1.54) is 0 Å². The summed E-state index contributed by atoms with van der Waals surface area (Å²) in [5.74, 6) is -0.217. The molecule has 106 valence electrons. The van der Waals surface area contributed by atoms with Gasteiger partial charge in [0.25, 0.3) is 0 Å². The molecule has 0 unspecified atom stereocenters. The number of hydrogen-bond donors (Lipinski definition) is 1. The smallest absolute Gasteiger partial charge is 0.132 e. The number of nitrogens with zero attached hydrogens (tertiary/aromatic N) is 1. The lowest BCUT2D eigenvalue weighted by atomic mass is 10.0. The van der Waals surface area contributed by atoms with Gasteiger partial charge in [0.1, 0.15) is 5.82 Å². The largest absolute Gasteiger partial charge is 0.314 e. The van der Waals surface area contributed by atoms with E-state index in [-0.39, 0.29) is 24.3 Å². The summed E-state index contributed by atoms with van der Waals surface area (Å²) in [5, 5.41) is 3.76. The van der Waals surface area contributed by atoms with Crippen molar-refractivity contribution in [1.29, 1.82) is 0 Å². The van der Waals surface area contributed by atoms with Crippen molar-refractivity contribution in [3.63, 3.8) is 0 Å². The molecule has 1 aliphatic heterocycles. The first-order chi connectivity index (χ1) is 8.65. The number of aryl methyl sites for hydroxylation is 1. The Labute approximate surface area is 125 Å². The van der Waals surface area contributed by atoms with Crippen LogP contribution < -0.4 is 5.32 Å². The lowest BCUT2D eigenvalue weighted by Crippen LogP contribution is -2.44. The third kappa shape index (κ3) is 3.48. The summed E-state index contributed by atoms with van der Waals surface area (Å²) in [6.45, 7) is 9.17. The number of piperazine rings is 1. The van der Waals surface area contributed by atoms with E-state index in [4.69, 9.17) is 11.6 Å². The molecule has 1 saturated heterocycles. The fourth-order valence-corrected chi connectivity index (χ4v) is 2.62. The van der Waals surface area contributed by atoms with Gasteiger partial charge in [-0.1, -0.05) is 23.7 Å². The second-order valence-corrected chi connectivity index (χ2v) is 4.97. The van der Waals surface area contributed by atoms with Crippen molar-refractivity contribution in [3.8, 4) is 0 Å². The predicted molar refractivity (Wildman–Crippen MR) is 80.8 cm³/mol. The third-order valence-corrected chi connectivity index (χ3v) is 3.71. The lowest BCUT2D eigenvalue weighted by molar-refractivity contribution is 0.200. The number of nitrogens with one attached hydrogen (secondary N) is 1. The minimum atomic E-state index is -0.217. The minimum Gasteiger partial charge on any atom is -0.314 e. The highest BCUT2D eigenvalue weighted by atomic mass is 35.5. The fraction of sp³-hybridized carbons (Fsp3) is 0.429. The molecule has 1 heterocycles. The second kappa shape index (κ2) is 7.25. The van der Waals surface area contributed by atoms with Crippen molar-refractivity contribution in [2.75, 3.05) is 26.2 Å². The second-order valence-electron chi connectivity index (χ2n) is 4.56. The Hall–Kier alpha value is -0.610. The van der Waals surface area contributed by atoms with Gasteiger partial charge in [-0.15, -0.1) is 19.0 Å². The lowest BCUT2D eigenvalue weighted by Gasteiger charge is -2.34. The maximum Gasteiger partial charge on any atom is 0.132 e. The standard InChI is InChI=1S/C14H18ClFN2.ClH/c1-3-12(18-8-6-17-7-9-18)13-11(15)5-4-10(2)14(13)16;/h3-5,12,17H,1,6-9H2,2H3;1H/t12-;/m0./s1. The Kier molecular flexibility index (Phi) is 6.27. The van der Waals surface area contributed by atoms with Crippen LogP contribution in [-0.2, 0) is 0 Å². The molecule has 0 aliphatic carbocycles. The topological polar surface area (TPSA) is 15.3 Å². The first-order valence-electron chi connectivity index (χ1n) is 6.17. The zero-order chi connectivity index (χ0) is 13.1. The molecule has 1 aliphatic rings. The monoisotopic (exact) mass is 304 g/mol. The zero-order valence-electron chi connectivity index (χ0n) is 11.0. The number of halogens is 3. The van der Waals surface area contributed by atoms with Gasteiger partial charge in [-0.05, 0) is 18.6 Å². The predicted octanol–water partition coefficient (Wildman–Crippen LogP) is 3.34. The molecule has 0 saturated carbocycles.